The van der Waals surface area contributed by atoms with E-state index in [1.54, 1.807) is 6.92 Å². The maximum atomic E-state index is 13.9. The smallest absolute Gasteiger partial charge is 0.195 e. The molecule has 2 aromatic rings. The largest absolute Gasteiger partial charge is 0.343 e. The summed E-state index contributed by atoms with van der Waals surface area (Å²) in [5.41, 5.74) is 0.884. The minimum Gasteiger partial charge on any atom is -0.343 e. The predicted octanol–water partition coefficient (Wildman–Crippen LogP) is 4.41. The Labute approximate surface area is 118 Å². The number of hydrogen-bond donors (Lipinski definition) is 1. The molecule has 104 valence electrons. The first kappa shape index (κ1) is 13.3. The van der Waals surface area contributed by atoms with Crippen molar-refractivity contribution in [3.05, 3.63) is 45.6 Å². The van der Waals surface area contributed by atoms with Crippen molar-refractivity contribution in [2.45, 2.75) is 25.7 Å². The molecule has 3 rings (SSSR count). The van der Waals surface area contributed by atoms with Gasteiger partial charge in [0.2, 0.25) is 0 Å². The lowest BCUT2D eigenvalue weighted by Crippen LogP contribution is -2.02. The topological polar surface area (TPSA) is 28.7 Å². The molecule has 0 spiro atoms. The number of H-pyrrole nitrogens is 1. The van der Waals surface area contributed by atoms with Crippen molar-refractivity contribution in [3.63, 3.8) is 0 Å². The van der Waals surface area contributed by atoms with Crippen LogP contribution in [0.5, 0.6) is 0 Å². The zero-order chi connectivity index (χ0) is 14.4. The van der Waals surface area contributed by atoms with Crippen LogP contribution in [0.1, 0.15) is 30.1 Å². The zero-order valence-corrected chi connectivity index (χ0v) is 11.5. The van der Waals surface area contributed by atoms with E-state index in [1.165, 1.54) is 6.07 Å². The third-order valence-corrected chi connectivity index (χ3v) is 3.84. The number of hydrogen-bond acceptors (Lipinski definition) is 2. The van der Waals surface area contributed by atoms with Crippen molar-refractivity contribution < 1.29 is 13.2 Å². The Morgan fingerprint density at radius 3 is 2.55 bits per heavy atom. The van der Waals surface area contributed by atoms with Crippen LogP contribution in [0.2, 0.25) is 0 Å². The van der Waals surface area contributed by atoms with Crippen LogP contribution >= 0.6 is 12.2 Å². The van der Waals surface area contributed by atoms with E-state index in [-0.39, 0.29) is 5.56 Å². The van der Waals surface area contributed by atoms with Crippen LogP contribution < -0.4 is 0 Å². The molecule has 0 bridgehead atoms. The van der Waals surface area contributed by atoms with Crippen LogP contribution in [0.3, 0.4) is 0 Å². The number of aromatic amines is 1. The Morgan fingerprint density at radius 1 is 1.20 bits per heavy atom. The van der Waals surface area contributed by atoms with Gasteiger partial charge in [0.05, 0.1) is 5.69 Å². The van der Waals surface area contributed by atoms with Crippen LogP contribution in [0.15, 0.2) is 12.1 Å². The summed E-state index contributed by atoms with van der Waals surface area (Å²) >= 11 is 5.16. The molecular weight excluding hydrogens is 285 g/mol. The molecule has 1 heterocycles. The van der Waals surface area contributed by atoms with E-state index in [2.05, 4.69) is 9.97 Å². The second-order valence-corrected chi connectivity index (χ2v) is 5.31. The first-order valence-electron chi connectivity index (χ1n) is 6.23. The Morgan fingerprint density at radius 2 is 1.90 bits per heavy atom. The zero-order valence-electron chi connectivity index (χ0n) is 10.6. The normalized spacial score (nSPS) is 14.6. The molecule has 0 aliphatic heterocycles. The molecule has 20 heavy (non-hydrogen) atoms. The van der Waals surface area contributed by atoms with E-state index in [4.69, 9.17) is 12.2 Å². The summed E-state index contributed by atoms with van der Waals surface area (Å²) in [7, 11) is 0. The number of nitrogens with one attached hydrogen (secondary N) is 1. The molecule has 1 aromatic heterocycles. The molecule has 6 heteroatoms. The van der Waals surface area contributed by atoms with Crippen molar-refractivity contribution >= 4 is 12.2 Å². The van der Waals surface area contributed by atoms with Crippen LogP contribution in [-0.2, 0) is 0 Å². The molecule has 1 aromatic carbocycles. The minimum atomic E-state index is -1.48. The van der Waals surface area contributed by atoms with E-state index in [1.807, 2.05) is 0 Å². The van der Waals surface area contributed by atoms with Crippen LogP contribution in [-0.4, -0.2) is 9.97 Å². The lowest BCUT2D eigenvalue weighted by molar-refractivity contribution is 0.448. The molecule has 0 atom stereocenters. The number of rotatable bonds is 2. The van der Waals surface area contributed by atoms with E-state index in [0.29, 0.717) is 27.6 Å². The van der Waals surface area contributed by atoms with Gasteiger partial charge in [0.25, 0.3) is 0 Å². The van der Waals surface area contributed by atoms with E-state index < -0.39 is 17.5 Å². The molecule has 0 amide bonds. The van der Waals surface area contributed by atoms with Gasteiger partial charge in [-0.2, -0.15) is 0 Å². The molecule has 0 unspecified atom stereocenters. The summed E-state index contributed by atoms with van der Waals surface area (Å²) in [6, 6.07) is 2.11. The maximum Gasteiger partial charge on any atom is 0.195 e. The number of aromatic nitrogens is 2. The first-order valence-corrected chi connectivity index (χ1v) is 6.64. The summed E-state index contributed by atoms with van der Waals surface area (Å²) in [4.78, 5) is 7.27. The lowest BCUT2D eigenvalue weighted by atomic mass is 10.1. The van der Waals surface area contributed by atoms with Crippen LogP contribution in [0, 0.1) is 29.0 Å². The highest BCUT2D eigenvalue weighted by Crippen LogP contribution is 2.39. The van der Waals surface area contributed by atoms with Gasteiger partial charge in [-0.1, -0.05) is 12.2 Å². The van der Waals surface area contributed by atoms with Crippen molar-refractivity contribution in [1.29, 1.82) is 0 Å². The van der Waals surface area contributed by atoms with Crippen LogP contribution in [0.25, 0.3) is 11.3 Å². The standard InChI is InChI=1S/C14H11F3N2S/c1-6-12(8-4-5-9(15)11(17)10(8)16)18-13(7-2-3-7)19-14(6)20/h4-5,7H,2-3H2,1H3,(H,18,19,20). The van der Waals surface area contributed by atoms with Gasteiger partial charge in [-0.3, -0.25) is 0 Å². The molecule has 1 fully saturated rings. The highest BCUT2D eigenvalue weighted by Gasteiger charge is 2.27. The minimum absolute atomic E-state index is 0.0307. The molecule has 0 saturated heterocycles. The lowest BCUT2D eigenvalue weighted by Gasteiger charge is -2.11. The monoisotopic (exact) mass is 296 g/mol. The maximum absolute atomic E-state index is 13.9. The Hall–Kier alpha value is -1.69. The third kappa shape index (κ3) is 2.14. The molecule has 1 aliphatic carbocycles. The summed E-state index contributed by atoms with van der Waals surface area (Å²) in [6.07, 6.45) is 2.00. The van der Waals surface area contributed by atoms with Gasteiger partial charge >= 0.3 is 0 Å². The molecule has 1 N–H and O–H groups in total. The van der Waals surface area contributed by atoms with Crippen LogP contribution in [0.4, 0.5) is 13.2 Å². The van der Waals surface area contributed by atoms with Gasteiger partial charge in [0, 0.05) is 17.0 Å². The van der Waals surface area contributed by atoms with E-state index in [9.17, 15) is 13.2 Å². The number of halogens is 3. The quantitative estimate of drug-likeness (QED) is 0.657. The fraction of sp³-hybridized carbons (Fsp3) is 0.286. The van der Waals surface area contributed by atoms with Gasteiger partial charge in [-0.05, 0) is 31.9 Å². The van der Waals surface area contributed by atoms with Gasteiger partial charge < -0.3 is 4.98 Å². The SMILES string of the molecule is Cc1c(-c2ccc(F)c(F)c2F)[nH]c(C2CC2)nc1=S. The van der Waals surface area contributed by atoms with E-state index in [0.717, 1.165) is 18.9 Å². The highest BCUT2D eigenvalue weighted by molar-refractivity contribution is 7.71. The van der Waals surface area contributed by atoms with Gasteiger partial charge in [0.15, 0.2) is 17.5 Å². The Balaban J connectivity index is 2.24. The van der Waals surface area contributed by atoms with Crippen molar-refractivity contribution in [3.8, 4) is 11.3 Å². The summed E-state index contributed by atoms with van der Waals surface area (Å²) in [6.45, 7) is 1.68. The third-order valence-electron chi connectivity index (χ3n) is 3.44. The predicted molar refractivity (Wildman–Crippen MR) is 71.4 cm³/mol. The number of benzene rings is 1. The van der Waals surface area contributed by atoms with Crippen molar-refractivity contribution in [2.75, 3.05) is 0 Å². The highest BCUT2D eigenvalue weighted by atomic mass is 32.1. The average molecular weight is 296 g/mol. The molecular formula is C14H11F3N2S. The molecule has 2 nitrogen and oxygen atoms in total. The van der Waals surface area contributed by atoms with E-state index >= 15 is 0 Å². The fourth-order valence-corrected chi connectivity index (χ4v) is 2.29. The summed E-state index contributed by atoms with van der Waals surface area (Å²) < 4.78 is 40.7. The summed E-state index contributed by atoms with van der Waals surface area (Å²) in [5, 5.41) is 0. The first-order chi connectivity index (χ1) is 9.49. The second-order valence-electron chi connectivity index (χ2n) is 4.92. The summed E-state index contributed by atoms with van der Waals surface area (Å²) in [5.74, 6) is -2.93. The van der Waals surface area contributed by atoms with Gasteiger partial charge in [-0.15, -0.1) is 0 Å². The Kier molecular flexibility index (Phi) is 3.12. The molecule has 0 radical (unpaired) electrons. The van der Waals surface area contributed by atoms with Gasteiger partial charge in [0.1, 0.15) is 10.5 Å². The second kappa shape index (κ2) is 4.70. The fourth-order valence-electron chi connectivity index (χ4n) is 2.09. The number of nitrogens with zero attached hydrogens (tertiary/aromatic N) is 1. The van der Waals surface area contributed by atoms with Gasteiger partial charge in [-0.25, -0.2) is 18.2 Å². The molecule has 1 aliphatic rings. The Bertz CT molecular complexity index is 751. The molecule has 1 saturated carbocycles. The van der Waals surface area contributed by atoms with Crippen molar-refractivity contribution in [1.82, 2.24) is 9.97 Å². The average Bonchev–Trinajstić information content (AvgIpc) is 3.24. The van der Waals surface area contributed by atoms with Crippen molar-refractivity contribution in [2.24, 2.45) is 0 Å².